The molecule has 0 heterocycles. The molecule has 0 saturated carbocycles. The average Bonchev–Trinajstić information content (AvgIpc) is 2.65. The highest BCUT2D eigenvalue weighted by Gasteiger charge is 2.14. The Morgan fingerprint density at radius 1 is 1.04 bits per heavy atom. The SMILES string of the molecule is CCCOc1ccc(CNC(=O)CN(CC(=O)O)c2ccccc2)cc1. The lowest BCUT2D eigenvalue weighted by atomic mass is 10.2. The predicted octanol–water partition coefficient (Wildman–Crippen LogP) is 2.68. The summed E-state index contributed by atoms with van der Waals surface area (Å²) >= 11 is 0. The van der Waals surface area contributed by atoms with Crippen LogP contribution >= 0.6 is 0 Å². The van der Waals surface area contributed by atoms with Crippen molar-refractivity contribution in [1.82, 2.24) is 5.32 Å². The molecule has 2 aromatic rings. The van der Waals surface area contributed by atoms with Crippen LogP contribution in [0.25, 0.3) is 0 Å². The molecule has 0 aromatic heterocycles. The molecule has 0 fully saturated rings. The Labute approximate surface area is 153 Å². The van der Waals surface area contributed by atoms with Gasteiger partial charge in [0.15, 0.2) is 0 Å². The number of carboxylic acids is 1. The van der Waals surface area contributed by atoms with Crippen LogP contribution in [0.2, 0.25) is 0 Å². The van der Waals surface area contributed by atoms with Crippen LogP contribution in [0.15, 0.2) is 54.6 Å². The number of carbonyl (C=O) groups excluding carboxylic acids is 1. The van der Waals surface area contributed by atoms with Crippen molar-refractivity contribution < 1.29 is 19.4 Å². The van der Waals surface area contributed by atoms with Gasteiger partial charge in [0, 0.05) is 12.2 Å². The highest BCUT2D eigenvalue weighted by molar-refractivity contribution is 5.84. The van der Waals surface area contributed by atoms with Crippen molar-refractivity contribution >= 4 is 17.6 Å². The largest absolute Gasteiger partial charge is 0.494 e. The second kappa shape index (κ2) is 10.1. The molecule has 2 N–H and O–H groups in total. The molecule has 0 bridgehead atoms. The Morgan fingerprint density at radius 3 is 2.35 bits per heavy atom. The second-order valence-corrected chi connectivity index (χ2v) is 5.85. The molecule has 26 heavy (non-hydrogen) atoms. The van der Waals surface area contributed by atoms with E-state index < -0.39 is 5.97 Å². The van der Waals surface area contributed by atoms with Crippen LogP contribution in [-0.4, -0.2) is 36.7 Å². The maximum atomic E-state index is 12.2. The average molecular weight is 356 g/mol. The van der Waals surface area contributed by atoms with Gasteiger partial charge in [0.2, 0.25) is 5.91 Å². The molecule has 0 saturated heterocycles. The van der Waals surface area contributed by atoms with E-state index in [0.717, 1.165) is 17.7 Å². The summed E-state index contributed by atoms with van der Waals surface area (Å²) in [6.07, 6.45) is 0.950. The van der Waals surface area contributed by atoms with E-state index in [1.807, 2.05) is 49.4 Å². The van der Waals surface area contributed by atoms with Crippen molar-refractivity contribution in [1.29, 1.82) is 0 Å². The fourth-order valence-corrected chi connectivity index (χ4v) is 2.39. The van der Waals surface area contributed by atoms with E-state index in [4.69, 9.17) is 9.84 Å². The lowest BCUT2D eigenvalue weighted by Gasteiger charge is -2.22. The number of para-hydroxylation sites is 1. The van der Waals surface area contributed by atoms with E-state index in [0.29, 0.717) is 18.8 Å². The van der Waals surface area contributed by atoms with Crippen molar-refractivity contribution in [3.05, 3.63) is 60.2 Å². The van der Waals surface area contributed by atoms with E-state index in [1.54, 1.807) is 12.1 Å². The first-order valence-corrected chi connectivity index (χ1v) is 8.58. The molecule has 0 spiro atoms. The van der Waals surface area contributed by atoms with Crippen LogP contribution in [0.3, 0.4) is 0 Å². The number of carboxylic acid groups (broad SMARTS) is 1. The van der Waals surface area contributed by atoms with Gasteiger partial charge in [0.25, 0.3) is 0 Å². The lowest BCUT2D eigenvalue weighted by Crippen LogP contribution is -2.39. The molecule has 0 aliphatic heterocycles. The minimum absolute atomic E-state index is 0.0198. The van der Waals surface area contributed by atoms with Gasteiger partial charge in [-0.2, -0.15) is 0 Å². The third-order valence-corrected chi connectivity index (χ3v) is 3.67. The van der Waals surface area contributed by atoms with Crippen molar-refractivity contribution in [3.63, 3.8) is 0 Å². The fraction of sp³-hybridized carbons (Fsp3) is 0.300. The van der Waals surface area contributed by atoms with Gasteiger partial charge >= 0.3 is 5.97 Å². The van der Waals surface area contributed by atoms with Gasteiger partial charge in [-0.25, -0.2) is 0 Å². The van der Waals surface area contributed by atoms with Gasteiger partial charge in [-0.15, -0.1) is 0 Å². The van der Waals surface area contributed by atoms with E-state index >= 15 is 0 Å². The zero-order valence-electron chi connectivity index (χ0n) is 14.9. The number of rotatable bonds is 10. The Morgan fingerprint density at radius 2 is 1.73 bits per heavy atom. The zero-order chi connectivity index (χ0) is 18.8. The molecular formula is C20H24N2O4. The topological polar surface area (TPSA) is 78.9 Å². The van der Waals surface area contributed by atoms with E-state index in [9.17, 15) is 9.59 Å². The van der Waals surface area contributed by atoms with Crippen molar-refractivity contribution in [2.45, 2.75) is 19.9 Å². The number of nitrogens with zero attached hydrogens (tertiary/aromatic N) is 1. The minimum Gasteiger partial charge on any atom is -0.494 e. The number of aliphatic carboxylic acids is 1. The quantitative estimate of drug-likeness (QED) is 0.684. The Bertz CT molecular complexity index is 702. The summed E-state index contributed by atoms with van der Waals surface area (Å²) in [6, 6.07) is 16.6. The van der Waals surface area contributed by atoms with Crippen molar-refractivity contribution in [3.8, 4) is 5.75 Å². The molecular weight excluding hydrogens is 332 g/mol. The minimum atomic E-state index is -0.982. The summed E-state index contributed by atoms with van der Waals surface area (Å²) in [5.41, 5.74) is 1.65. The van der Waals surface area contributed by atoms with Gasteiger partial charge in [-0.05, 0) is 36.2 Å². The van der Waals surface area contributed by atoms with E-state index in [-0.39, 0.29) is 19.0 Å². The first-order chi connectivity index (χ1) is 12.6. The number of ether oxygens (including phenoxy) is 1. The van der Waals surface area contributed by atoms with Crippen molar-refractivity contribution in [2.75, 3.05) is 24.6 Å². The Hall–Kier alpha value is -3.02. The van der Waals surface area contributed by atoms with Gasteiger partial charge in [-0.1, -0.05) is 37.3 Å². The highest BCUT2D eigenvalue weighted by atomic mass is 16.5. The molecule has 0 aliphatic rings. The highest BCUT2D eigenvalue weighted by Crippen LogP contribution is 2.14. The lowest BCUT2D eigenvalue weighted by molar-refractivity contribution is -0.135. The molecule has 2 rings (SSSR count). The van der Waals surface area contributed by atoms with Gasteiger partial charge < -0.3 is 20.1 Å². The fourth-order valence-electron chi connectivity index (χ4n) is 2.39. The zero-order valence-corrected chi connectivity index (χ0v) is 14.9. The van der Waals surface area contributed by atoms with Gasteiger partial charge in [0.05, 0.1) is 13.2 Å². The maximum Gasteiger partial charge on any atom is 0.323 e. The van der Waals surface area contributed by atoms with E-state index in [2.05, 4.69) is 5.32 Å². The third-order valence-electron chi connectivity index (χ3n) is 3.67. The standard InChI is InChI=1S/C20H24N2O4/c1-2-12-26-18-10-8-16(9-11-18)13-21-19(23)14-22(15-20(24)25)17-6-4-3-5-7-17/h3-11H,2,12-15H2,1H3,(H,21,23)(H,24,25). The predicted molar refractivity (Wildman–Crippen MR) is 100 cm³/mol. The molecule has 1 amide bonds. The van der Waals surface area contributed by atoms with Crippen LogP contribution in [0.5, 0.6) is 5.75 Å². The second-order valence-electron chi connectivity index (χ2n) is 5.85. The summed E-state index contributed by atoms with van der Waals surface area (Å²) in [5.74, 6) is -0.413. The monoisotopic (exact) mass is 356 g/mol. The van der Waals surface area contributed by atoms with Crippen LogP contribution in [0.4, 0.5) is 5.69 Å². The molecule has 2 aromatic carbocycles. The molecule has 0 radical (unpaired) electrons. The number of amides is 1. The number of benzene rings is 2. The number of hydrogen-bond donors (Lipinski definition) is 2. The van der Waals surface area contributed by atoms with Gasteiger partial charge in [-0.3, -0.25) is 9.59 Å². The van der Waals surface area contributed by atoms with Crippen LogP contribution in [-0.2, 0) is 16.1 Å². The number of hydrogen-bond acceptors (Lipinski definition) is 4. The molecule has 0 atom stereocenters. The van der Waals surface area contributed by atoms with Crippen molar-refractivity contribution in [2.24, 2.45) is 0 Å². The molecule has 6 nitrogen and oxygen atoms in total. The molecule has 0 aliphatic carbocycles. The Balaban J connectivity index is 1.88. The van der Waals surface area contributed by atoms with Crippen LogP contribution < -0.4 is 15.0 Å². The van der Waals surface area contributed by atoms with E-state index in [1.165, 1.54) is 4.90 Å². The first-order valence-electron chi connectivity index (χ1n) is 8.58. The first kappa shape index (κ1) is 19.3. The number of nitrogens with one attached hydrogen (secondary N) is 1. The molecule has 138 valence electrons. The van der Waals surface area contributed by atoms with Gasteiger partial charge in [0.1, 0.15) is 12.3 Å². The maximum absolute atomic E-state index is 12.2. The van der Waals surface area contributed by atoms with Crippen LogP contribution in [0.1, 0.15) is 18.9 Å². The van der Waals surface area contributed by atoms with Crippen LogP contribution in [0, 0.1) is 0 Å². The normalized spacial score (nSPS) is 10.2. The summed E-state index contributed by atoms with van der Waals surface area (Å²) in [4.78, 5) is 24.8. The summed E-state index contributed by atoms with van der Waals surface area (Å²) in [6.45, 7) is 2.85. The summed E-state index contributed by atoms with van der Waals surface area (Å²) in [7, 11) is 0. The smallest absolute Gasteiger partial charge is 0.323 e. The number of carbonyl (C=O) groups is 2. The molecule has 6 heteroatoms. The number of anilines is 1. The third kappa shape index (κ3) is 6.47. The summed E-state index contributed by atoms with van der Waals surface area (Å²) < 4.78 is 5.52. The Kier molecular flexibility index (Phi) is 7.49. The molecule has 0 unspecified atom stereocenters. The summed E-state index contributed by atoms with van der Waals surface area (Å²) in [5, 5.41) is 11.9.